The minimum Gasteiger partial charge on any atom is -0.455 e. The lowest BCUT2D eigenvalue weighted by atomic mass is 10.4. The summed E-state index contributed by atoms with van der Waals surface area (Å²) in [5, 5.41) is 2.56. The van der Waals surface area contributed by atoms with Crippen molar-refractivity contribution < 1.29 is 9.21 Å². The van der Waals surface area contributed by atoms with E-state index in [0.717, 1.165) is 0 Å². The molecule has 6 nitrogen and oxygen atoms in total. The number of carbonyl (C=O) groups is 1. The van der Waals surface area contributed by atoms with Crippen molar-refractivity contribution in [1.29, 1.82) is 0 Å². The van der Waals surface area contributed by atoms with Crippen molar-refractivity contribution >= 4 is 34.9 Å². The van der Waals surface area contributed by atoms with Gasteiger partial charge in [0.05, 0.1) is 6.54 Å². The molecule has 2 heterocycles. The predicted octanol–water partition coefficient (Wildman–Crippen LogP) is 2.09. The van der Waals surface area contributed by atoms with Gasteiger partial charge in [0.2, 0.25) is 5.28 Å². The van der Waals surface area contributed by atoms with Crippen molar-refractivity contribution in [2.45, 2.75) is 6.54 Å². The zero-order chi connectivity index (χ0) is 13.1. The summed E-state index contributed by atoms with van der Waals surface area (Å²) >= 11 is 11.3. The first-order chi connectivity index (χ1) is 8.58. The third kappa shape index (κ3) is 2.98. The summed E-state index contributed by atoms with van der Waals surface area (Å²) in [6, 6.07) is 4.51. The van der Waals surface area contributed by atoms with Crippen LogP contribution in [0.2, 0.25) is 10.4 Å². The van der Waals surface area contributed by atoms with Gasteiger partial charge in [0, 0.05) is 6.07 Å². The number of nitrogens with one attached hydrogen (secondary N) is 1. The van der Waals surface area contributed by atoms with Crippen LogP contribution in [-0.2, 0) is 6.54 Å². The van der Waals surface area contributed by atoms with E-state index in [1.165, 1.54) is 12.1 Å². The second-order valence-corrected chi connectivity index (χ2v) is 3.99. The molecule has 1 amide bonds. The fourth-order valence-electron chi connectivity index (χ4n) is 1.24. The number of anilines is 1. The smallest absolute Gasteiger partial charge is 0.292 e. The van der Waals surface area contributed by atoms with Crippen LogP contribution in [-0.4, -0.2) is 15.9 Å². The number of furan rings is 1. The molecule has 2 rings (SSSR count). The minimum atomic E-state index is -0.472. The number of rotatable bonds is 3. The molecular weight excluding hydrogens is 279 g/mol. The molecule has 0 saturated carbocycles. The maximum absolute atomic E-state index is 11.8. The first-order valence-corrected chi connectivity index (χ1v) is 5.64. The molecule has 0 aliphatic rings. The second kappa shape index (κ2) is 5.34. The Bertz CT molecular complexity index is 565. The summed E-state index contributed by atoms with van der Waals surface area (Å²) in [5.41, 5.74) is 5.37. The first kappa shape index (κ1) is 12.8. The molecule has 8 heteroatoms. The molecule has 0 atom stereocenters. The summed E-state index contributed by atoms with van der Waals surface area (Å²) in [4.78, 5) is 19.2. The van der Waals surface area contributed by atoms with E-state index < -0.39 is 5.91 Å². The number of hydrogen-bond donors (Lipinski definition) is 2. The summed E-state index contributed by atoms with van der Waals surface area (Å²) in [7, 11) is 0. The Hall–Kier alpha value is -1.63. The lowest BCUT2D eigenvalue weighted by Gasteiger charge is -2.02. The fourth-order valence-corrected chi connectivity index (χ4v) is 1.65. The van der Waals surface area contributed by atoms with Crippen LogP contribution in [0.15, 0.2) is 22.6 Å². The maximum atomic E-state index is 11.8. The SMILES string of the molecule is NCc1ccc(C(=O)Nc2cc(Cl)nc(Cl)n2)o1. The van der Waals surface area contributed by atoms with Crippen LogP contribution in [0.1, 0.15) is 16.3 Å². The lowest BCUT2D eigenvalue weighted by molar-refractivity contribution is 0.0994. The number of hydrogen-bond acceptors (Lipinski definition) is 5. The molecule has 2 aromatic heterocycles. The average molecular weight is 287 g/mol. The monoisotopic (exact) mass is 286 g/mol. The van der Waals surface area contributed by atoms with Gasteiger partial charge in [-0.15, -0.1) is 0 Å². The van der Waals surface area contributed by atoms with Gasteiger partial charge < -0.3 is 15.5 Å². The highest BCUT2D eigenvalue weighted by molar-refractivity contribution is 6.32. The molecular formula is C10H8Cl2N4O2. The zero-order valence-electron chi connectivity index (χ0n) is 8.98. The number of nitrogens with two attached hydrogens (primary N) is 1. The highest BCUT2D eigenvalue weighted by atomic mass is 35.5. The highest BCUT2D eigenvalue weighted by Crippen LogP contribution is 2.16. The van der Waals surface area contributed by atoms with E-state index in [-0.39, 0.29) is 28.6 Å². The van der Waals surface area contributed by atoms with Crippen LogP contribution in [0.3, 0.4) is 0 Å². The summed E-state index contributed by atoms with van der Waals surface area (Å²) < 4.78 is 5.18. The van der Waals surface area contributed by atoms with Crippen LogP contribution in [0.5, 0.6) is 0 Å². The van der Waals surface area contributed by atoms with Crippen molar-refractivity contribution in [3.8, 4) is 0 Å². The first-order valence-electron chi connectivity index (χ1n) is 4.88. The van der Waals surface area contributed by atoms with Crippen LogP contribution in [0, 0.1) is 0 Å². The highest BCUT2D eigenvalue weighted by Gasteiger charge is 2.12. The summed E-state index contributed by atoms with van der Waals surface area (Å²) in [5.74, 6) is 0.358. The van der Waals surface area contributed by atoms with Gasteiger partial charge in [-0.2, -0.15) is 0 Å². The Morgan fingerprint density at radius 2 is 2.17 bits per heavy atom. The van der Waals surface area contributed by atoms with Gasteiger partial charge in [-0.1, -0.05) is 11.6 Å². The van der Waals surface area contributed by atoms with Gasteiger partial charge in [-0.3, -0.25) is 4.79 Å². The zero-order valence-corrected chi connectivity index (χ0v) is 10.5. The molecule has 0 aromatic carbocycles. The lowest BCUT2D eigenvalue weighted by Crippen LogP contribution is -2.12. The van der Waals surface area contributed by atoms with Crippen molar-refractivity contribution in [2.24, 2.45) is 5.73 Å². The molecule has 0 radical (unpaired) electrons. The number of halogens is 2. The number of aromatic nitrogens is 2. The Morgan fingerprint density at radius 3 is 2.78 bits per heavy atom. The van der Waals surface area contributed by atoms with E-state index in [1.54, 1.807) is 6.07 Å². The predicted molar refractivity (Wildman–Crippen MR) is 66.6 cm³/mol. The molecule has 3 N–H and O–H groups in total. The van der Waals surface area contributed by atoms with E-state index in [2.05, 4.69) is 15.3 Å². The number of carbonyl (C=O) groups excluding carboxylic acids is 1. The largest absolute Gasteiger partial charge is 0.455 e. The van der Waals surface area contributed by atoms with Crippen LogP contribution >= 0.6 is 23.2 Å². The molecule has 0 aliphatic carbocycles. The van der Waals surface area contributed by atoms with Gasteiger partial charge >= 0.3 is 0 Å². The second-order valence-electron chi connectivity index (χ2n) is 3.27. The molecule has 94 valence electrons. The topological polar surface area (TPSA) is 94.0 Å². The van der Waals surface area contributed by atoms with E-state index >= 15 is 0 Å². The van der Waals surface area contributed by atoms with Crippen LogP contribution in [0.25, 0.3) is 0 Å². The Morgan fingerprint density at radius 1 is 1.39 bits per heavy atom. The maximum Gasteiger partial charge on any atom is 0.292 e. The Balaban J connectivity index is 2.15. The van der Waals surface area contributed by atoms with Crippen LogP contribution < -0.4 is 11.1 Å². The molecule has 0 unspecified atom stereocenters. The van der Waals surface area contributed by atoms with Gasteiger partial charge in [0.25, 0.3) is 5.91 Å². The van der Waals surface area contributed by atoms with Crippen molar-refractivity contribution in [3.63, 3.8) is 0 Å². The third-order valence-electron chi connectivity index (χ3n) is 2.00. The molecule has 18 heavy (non-hydrogen) atoms. The Kier molecular flexibility index (Phi) is 3.81. The van der Waals surface area contributed by atoms with E-state index in [0.29, 0.717) is 5.76 Å². The van der Waals surface area contributed by atoms with E-state index in [9.17, 15) is 4.79 Å². The van der Waals surface area contributed by atoms with E-state index in [4.69, 9.17) is 33.4 Å². The molecule has 0 fully saturated rings. The van der Waals surface area contributed by atoms with Crippen LogP contribution in [0.4, 0.5) is 5.82 Å². The standard InChI is InChI=1S/C10H8Cl2N4O2/c11-7-3-8(16-10(12)14-7)15-9(17)6-2-1-5(4-13)18-6/h1-3H,4,13H2,(H,14,15,16,17). The minimum absolute atomic E-state index is 0.0557. The van der Waals surface area contributed by atoms with Crippen molar-refractivity contribution in [3.05, 3.63) is 40.2 Å². The fraction of sp³-hybridized carbons (Fsp3) is 0.100. The van der Waals surface area contributed by atoms with Crippen molar-refractivity contribution in [2.75, 3.05) is 5.32 Å². The number of nitrogens with zero attached hydrogens (tertiary/aromatic N) is 2. The molecule has 2 aromatic rings. The van der Waals surface area contributed by atoms with E-state index in [1.807, 2.05) is 0 Å². The van der Waals surface area contributed by atoms with Crippen molar-refractivity contribution in [1.82, 2.24) is 9.97 Å². The summed E-state index contributed by atoms with van der Waals surface area (Å²) in [6.07, 6.45) is 0. The van der Waals surface area contributed by atoms with Gasteiger partial charge in [0.1, 0.15) is 16.7 Å². The molecule has 0 saturated heterocycles. The average Bonchev–Trinajstić information content (AvgIpc) is 2.75. The van der Waals surface area contributed by atoms with Gasteiger partial charge in [0.15, 0.2) is 5.76 Å². The Labute approximate surface area is 112 Å². The molecule has 0 bridgehead atoms. The molecule has 0 spiro atoms. The normalized spacial score (nSPS) is 10.4. The van der Waals surface area contributed by atoms with Gasteiger partial charge in [-0.25, -0.2) is 9.97 Å². The number of amides is 1. The van der Waals surface area contributed by atoms with Gasteiger partial charge in [-0.05, 0) is 23.7 Å². The quantitative estimate of drug-likeness (QED) is 0.665. The summed E-state index contributed by atoms with van der Waals surface area (Å²) in [6.45, 7) is 0.221. The molecule has 0 aliphatic heterocycles. The third-order valence-corrected chi connectivity index (χ3v) is 2.36.